The summed E-state index contributed by atoms with van der Waals surface area (Å²) in [6.07, 6.45) is 2.13. The topological polar surface area (TPSA) is 67.4 Å². The molecule has 0 spiro atoms. The zero-order valence-electron chi connectivity index (χ0n) is 16.6. The molecule has 2 aliphatic rings. The van der Waals surface area contributed by atoms with E-state index in [1.165, 1.54) is 11.3 Å². The van der Waals surface area contributed by atoms with Crippen molar-refractivity contribution in [2.24, 2.45) is 16.7 Å². The highest BCUT2D eigenvalue weighted by molar-refractivity contribution is 7.16. The Morgan fingerprint density at radius 3 is 2.38 bits per heavy atom. The van der Waals surface area contributed by atoms with Gasteiger partial charge in [-0.15, -0.1) is 11.3 Å². The number of aryl methyl sites for hydroxylation is 1. The predicted molar refractivity (Wildman–Crippen MR) is 105 cm³/mol. The van der Waals surface area contributed by atoms with Crippen LogP contribution in [0.4, 0.5) is 5.00 Å². The summed E-state index contributed by atoms with van der Waals surface area (Å²) < 4.78 is 5.57. The van der Waals surface area contributed by atoms with Crippen LogP contribution in [0.2, 0.25) is 0 Å². The molecule has 144 valence electrons. The summed E-state index contributed by atoms with van der Waals surface area (Å²) in [6, 6.07) is 0. The molecule has 1 atom stereocenters. The molecule has 0 radical (unpaired) electrons. The average molecular weight is 379 g/mol. The van der Waals surface area contributed by atoms with Crippen LogP contribution in [0.15, 0.2) is 0 Å². The molecule has 1 unspecified atom stereocenters. The molecule has 1 saturated carbocycles. The van der Waals surface area contributed by atoms with E-state index in [0.717, 1.165) is 29.9 Å². The summed E-state index contributed by atoms with van der Waals surface area (Å²) in [4.78, 5) is 26.6. The van der Waals surface area contributed by atoms with E-state index in [1.54, 1.807) is 0 Å². The van der Waals surface area contributed by atoms with Crippen LogP contribution >= 0.6 is 11.3 Å². The van der Waals surface area contributed by atoms with Gasteiger partial charge in [0, 0.05) is 23.9 Å². The van der Waals surface area contributed by atoms with E-state index in [9.17, 15) is 9.59 Å². The van der Waals surface area contributed by atoms with Gasteiger partial charge in [-0.05, 0) is 43.1 Å². The van der Waals surface area contributed by atoms with Crippen molar-refractivity contribution in [1.29, 1.82) is 0 Å². The van der Waals surface area contributed by atoms with E-state index in [1.807, 2.05) is 13.8 Å². The molecule has 1 saturated heterocycles. The van der Waals surface area contributed by atoms with Crippen LogP contribution in [0, 0.1) is 30.6 Å². The van der Waals surface area contributed by atoms with Gasteiger partial charge in [-0.3, -0.25) is 9.59 Å². The largest absolute Gasteiger partial charge is 0.376 e. The molecule has 1 aromatic heterocycles. The predicted octanol–water partition coefficient (Wildman–Crippen LogP) is 3.89. The highest BCUT2D eigenvalue weighted by Crippen LogP contribution is 2.68. The Kier molecular flexibility index (Phi) is 4.95. The molecule has 2 N–H and O–H groups in total. The molecule has 1 aliphatic carbocycles. The lowest BCUT2D eigenvalue weighted by Gasteiger charge is -2.12. The molecule has 2 heterocycles. The van der Waals surface area contributed by atoms with Crippen molar-refractivity contribution in [3.63, 3.8) is 0 Å². The van der Waals surface area contributed by atoms with Gasteiger partial charge in [0.25, 0.3) is 5.91 Å². The molecule has 2 amide bonds. The first-order valence-corrected chi connectivity index (χ1v) is 10.2. The summed E-state index contributed by atoms with van der Waals surface area (Å²) >= 11 is 1.48. The van der Waals surface area contributed by atoms with Crippen molar-refractivity contribution in [3.8, 4) is 0 Å². The fraction of sp³-hybridized carbons (Fsp3) is 0.700. The molecule has 3 rings (SSSR count). The maximum Gasteiger partial charge on any atom is 0.254 e. The van der Waals surface area contributed by atoms with Crippen LogP contribution in [0.3, 0.4) is 0 Å². The van der Waals surface area contributed by atoms with Gasteiger partial charge in [0.2, 0.25) is 5.91 Å². The minimum Gasteiger partial charge on any atom is -0.376 e. The lowest BCUT2D eigenvalue weighted by Crippen LogP contribution is -2.32. The minimum atomic E-state index is -0.132. The number of hydrogen-bond donors (Lipinski definition) is 2. The molecule has 6 heteroatoms. The van der Waals surface area contributed by atoms with Crippen molar-refractivity contribution < 1.29 is 14.3 Å². The van der Waals surface area contributed by atoms with Gasteiger partial charge in [-0.1, -0.05) is 27.7 Å². The first-order chi connectivity index (χ1) is 12.1. The van der Waals surface area contributed by atoms with Crippen molar-refractivity contribution in [1.82, 2.24) is 5.32 Å². The van der Waals surface area contributed by atoms with Crippen molar-refractivity contribution >= 4 is 28.2 Å². The number of nitrogens with one attached hydrogen (secondary N) is 2. The van der Waals surface area contributed by atoms with Crippen molar-refractivity contribution in [2.45, 2.75) is 60.5 Å². The lowest BCUT2D eigenvalue weighted by molar-refractivity contribution is -0.118. The van der Waals surface area contributed by atoms with Crippen molar-refractivity contribution in [2.75, 3.05) is 18.5 Å². The van der Waals surface area contributed by atoms with E-state index in [-0.39, 0.29) is 34.7 Å². The number of amides is 2. The van der Waals surface area contributed by atoms with E-state index < -0.39 is 0 Å². The van der Waals surface area contributed by atoms with Crippen LogP contribution < -0.4 is 10.6 Å². The van der Waals surface area contributed by atoms with Gasteiger partial charge < -0.3 is 15.4 Å². The second-order valence-electron chi connectivity index (χ2n) is 8.70. The second-order valence-corrected chi connectivity index (χ2v) is 9.92. The number of rotatable bonds is 5. The Balaban J connectivity index is 1.73. The van der Waals surface area contributed by atoms with Gasteiger partial charge in [0.05, 0.1) is 11.7 Å². The van der Waals surface area contributed by atoms with E-state index >= 15 is 0 Å². The zero-order chi connectivity index (χ0) is 19.3. The van der Waals surface area contributed by atoms with Crippen LogP contribution in [0.1, 0.15) is 61.3 Å². The Bertz CT molecular complexity index is 716. The maximum absolute atomic E-state index is 12.8. The number of carbonyl (C=O) groups is 2. The number of anilines is 1. The monoisotopic (exact) mass is 378 g/mol. The fourth-order valence-electron chi connectivity index (χ4n) is 4.12. The standard InChI is InChI=1S/C20H30N2O3S/c1-11-12(2)26-18(22-17(24)15-19(3,4)20(15,5)6)14(11)16(23)21-10-13-8-7-9-25-13/h13,15H,7-10H2,1-6H3,(H,21,23)(H,22,24). The summed E-state index contributed by atoms with van der Waals surface area (Å²) in [6.45, 7) is 13.7. The summed E-state index contributed by atoms with van der Waals surface area (Å²) in [7, 11) is 0. The first-order valence-electron chi connectivity index (χ1n) is 9.38. The van der Waals surface area contributed by atoms with Gasteiger partial charge in [0.15, 0.2) is 0 Å². The molecule has 0 bridgehead atoms. The Labute approximate surface area is 159 Å². The zero-order valence-corrected chi connectivity index (χ0v) is 17.4. The smallest absolute Gasteiger partial charge is 0.254 e. The van der Waals surface area contributed by atoms with E-state index in [2.05, 4.69) is 38.3 Å². The average Bonchev–Trinajstić information content (AvgIpc) is 2.97. The molecule has 1 aliphatic heterocycles. The van der Waals surface area contributed by atoms with Crippen LogP contribution in [0.25, 0.3) is 0 Å². The molecular formula is C20H30N2O3S. The summed E-state index contributed by atoms with van der Waals surface area (Å²) in [5, 5.41) is 6.68. The molecule has 2 fully saturated rings. The molecule has 5 nitrogen and oxygen atoms in total. The highest BCUT2D eigenvalue weighted by atomic mass is 32.1. The summed E-state index contributed by atoms with van der Waals surface area (Å²) in [5.41, 5.74) is 1.47. The molecule has 1 aromatic rings. The van der Waals surface area contributed by atoms with Gasteiger partial charge in [0.1, 0.15) is 5.00 Å². The number of carbonyl (C=O) groups excluding carboxylic acids is 2. The van der Waals surface area contributed by atoms with Gasteiger partial charge in [-0.2, -0.15) is 0 Å². The molecule has 0 aromatic carbocycles. The third-order valence-corrected chi connectivity index (χ3v) is 7.77. The Morgan fingerprint density at radius 1 is 1.19 bits per heavy atom. The van der Waals surface area contributed by atoms with Crippen LogP contribution in [0.5, 0.6) is 0 Å². The SMILES string of the molecule is Cc1sc(NC(=O)C2C(C)(C)C2(C)C)c(C(=O)NCC2CCCO2)c1C. The lowest BCUT2D eigenvalue weighted by atomic mass is 10.0. The van der Waals surface area contributed by atoms with Crippen LogP contribution in [-0.2, 0) is 9.53 Å². The fourth-order valence-corrected chi connectivity index (χ4v) is 5.19. The van der Waals surface area contributed by atoms with E-state index in [0.29, 0.717) is 17.1 Å². The van der Waals surface area contributed by atoms with Crippen molar-refractivity contribution in [3.05, 3.63) is 16.0 Å². The minimum absolute atomic E-state index is 0.00873. The Morgan fingerprint density at radius 2 is 1.85 bits per heavy atom. The highest BCUT2D eigenvalue weighted by Gasteiger charge is 2.68. The van der Waals surface area contributed by atoms with Crippen LogP contribution in [-0.4, -0.2) is 31.1 Å². The second kappa shape index (κ2) is 6.64. The third kappa shape index (κ3) is 3.18. The maximum atomic E-state index is 12.8. The quantitative estimate of drug-likeness (QED) is 0.817. The number of hydrogen-bond acceptors (Lipinski definition) is 4. The summed E-state index contributed by atoms with van der Waals surface area (Å²) in [5.74, 6) is -0.165. The molecular weight excluding hydrogens is 348 g/mol. The number of thiophene rings is 1. The first kappa shape index (κ1) is 19.4. The van der Waals surface area contributed by atoms with Gasteiger partial charge in [-0.25, -0.2) is 0 Å². The third-order valence-electron chi connectivity index (χ3n) is 6.65. The molecule has 26 heavy (non-hydrogen) atoms. The Hall–Kier alpha value is -1.40. The normalized spacial score (nSPS) is 23.7. The number of ether oxygens (including phenoxy) is 1. The van der Waals surface area contributed by atoms with Gasteiger partial charge >= 0.3 is 0 Å². The van der Waals surface area contributed by atoms with E-state index in [4.69, 9.17) is 4.74 Å².